The Balaban J connectivity index is 1.90. The minimum atomic E-state index is 0.377. The van der Waals surface area contributed by atoms with E-state index in [2.05, 4.69) is 46.5 Å². The van der Waals surface area contributed by atoms with Gasteiger partial charge in [-0.2, -0.15) is 14.7 Å². The number of fused-ring (bicyclic) bond motifs is 1. The molecule has 0 atom stereocenters. The standard InChI is InChI=1S/C15H20N6/c1-10(2)13-8-15(21-14(18-13)5-6-17-21)16-9-12-7-11(3)20(4)19-12/h5-8,10,16H,9H2,1-4H3. The highest BCUT2D eigenvalue weighted by molar-refractivity contribution is 5.49. The lowest BCUT2D eigenvalue weighted by atomic mass is 10.1. The normalized spacial score (nSPS) is 11.5. The predicted octanol–water partition coefficient (Wildman–Crippen LogP) is 2.51. The zero-order valence-electron chi connectivity index (χ0n) is 12.8. The first kappa shape index (κ1) is 13.6. The van der Waals surface area contributed by atoms with Gasteiger partial charge in [0.05, 0.1) is 18.4 Å². The summed E-state index contributed by atoms with van der Waals surface area (Å²) in [7, 11) is 1.95. The summed E-state index contributed by atoms with van der Waals surface area (Å²) in [5.41, 5.74) is 4.08. The van der Waals surface area contributed by atoms with Crippen molar-refractivity contribution >= 4 is 11.5 Å². The lowest BCUT2D eigenvalue weighted by molar-refractivity contribution is 0.723. The molecule has 110 valence electrons. The van der Waals surface area contributed by atoms with Crippen LogP contribution < -0.4 is 5.32 Å². The fourth-order valence-corrected chi connectivity index (χ4v) is 2.26. The summed E-state index contributed by atoms with van der Waals surface area (Å²) in [6.07, 6.45) is 1.77. The second kappa shape index (κ2) is 5.20. The number of nitrogens with one attached hydrogen (secondary N) is 1. The van der Waals surface area contributed by atoms with Crippen LogP contribution in [0, 0.1) is 6.92 Å². The highest BCUT2D eigenvalue weighted by atomic mass is 15.3. The van der Waals surface area contributed by atoms with Crippen LogP contribution in [0.3, 0.4) is 0 Å². The second-order valence-electron chi connectivity index (χ2n) is 5.58. The molecule has 6 heteroatoms. The van der Waals surface area contributed by atoms with Gasteiger partial charge in [-0.15, -0.1) is 0 Å². The van der Waals surface area contributed by atoms with E-state index in [1.54, 1.807) is 6.20 Å². The summed E-state index contributed by atoms with van der Waals surface area (Å²) >= 11 is 0. The fraction of sp³-hybridized carbons (Fsp3) is 0.400. The lowest BCUT2D eigenvalue weighted by Crippen LogP contribution is -2.08. The van der Waals surface area contributed by atoms with Crippen LogP contribution >= 0.6 is 0 Å². The van der Waals surface area contributed by atoms with Gasteiger partial charge < -0.3 is 5.32 Å². The van der Waals surface area contributed by atoms with E-state index in [1.165, 1.54) is 0 Å². The maximum Gasteiger partial charge on any atom is 0.157 e. The number of aryl methyl sites for hydroxylation is 2. The molecule has 0 bridgehead atoms. The Kier molecular flexibility index (Phi) is 3.37. The Bertz CT molecular complexity index is 748. The first-order valence-electron chi connectivity index (χ1n) is 7.12. The van der Waals surface area contributed by atoms with Crippen molar-refractivity contribution in [1.29, 1.82) is 0 Å². The third-order valence-electron chi connectivity index (χ3n) is 3.59. The zero-order chi connectivity index (χ0) is 15.0. The average Bonchev–Trinajstić information content (AvgIpc) is 3.03. The van der Waals surface area contributed by atoms with Crippen LogP contribution in [0.25, 0.3) is 5.65 Å². The Hall–Kier alpha value is -2.37. The van der Waals surface area contributed by atoms with E-state index >= 15 is 0 Å². The Labute approximate surface area is 123 Å². The number of anilines is 1. The smallest absolute Gasteiger partial charge is 0.157 e. The third kappa shape index (κ3) is 2.61. The van der Waals surface area contributed by atoms with Gasteiger partial charge in [0.15, 0.2) is 5.65 Å². The molecule has 1 N–H and O–H groups in total. The van der Waals surface area contributed by atoms with Crippen molar-refractivity contribution < 1.29 is 0 Å². The molecule has 0 aromatic carbocycles. The van der Waals surface area contributed by atoms with Crippen molar-refractivity contribution in [3.8, 4) is 0 Å². The van der Waals surface area contributed by atoms with Gasteiger partial charge in [0.25, 0.3) is 0 Å². The van der Waals surface area contributed by atoms with E-state index in [0.29, 0.717) is 12.5 Å². The summed E-state index contributed by atoms with van der Waals surface area (Å²) in [6, 6.07) is 6.06. The van der Waals surface area contributed by atoms with E-state index < -0.39 is 0 Å². The minimum Gasteiger partial charge on any atom is -0.364 e. The second-order valence-corrected chi connectivity index (χ2v) is 5.58. The van der Waals surface area contributed by atoms with Gasteiger partial charge in [-0.1, -0.05) is 13.8 Å². The van der Waals surface area contributed by atoms with Crippen LogP contribution in [0.2, 0.25) is 0 Å². The molecule has 0 aliphatic carbocycles. The first-order chi connectivity index (χ1) is 10.0. The van der Waals surface area contributed by atoms with Gasteiger partial charge in [-0.25, -0.2) is 4.98 Å². The molecule has 0 aliphatic heterocycles. The van der Waals surface area contributed by atoms with Gasteiger partial charge >= 0.3 is 0 Å². The summed E-state index contributed by atoms with van der Waals surface area (Å²) in [5.74, 6) is 1.32. The molecule has 3 aromatic heterocycles. The molecule has 0 fully saturated rings. The molecule has 0 saturated heterocycles. The molecule has 3 rings (SSSR count). The number of nitrogens with zero attached hydrogens (tertiary/aromatic N) is 5. The van der Waals surface area contributed by atoms with Gasteiger partial charge in [0, 0.05) is 30.6 Å². The SMILES string of the molecule is Cc1cc(CNc2cc(C(C)C)nc3ccnn23)nn1C. The number of hydrogen-bond donors (Lipinski definition) is 1. The molecule has 3 aromatic rings. The van der Waals surface area contributed by atoms with Crippen molar-refractivity contribution in [2.24, 2.45) is 7.05 Å². The third-order valence-corrected chi connectivity index (χ3v) is 3.59. The molecule has 6 nitrogen and oxygen atoms in total. The van der Waals surface area contributed by atoms with E-state index in [0.717, 1.165) is 28.5 Å². The topological polar surface area (TPSA) is 60.0 Å². The van der Waals surface area contributed by atoms with E-state index in [1.807, 2.05) is 29.2 Å². The molecule has 0 spiro atoms. The Morgan fingerprint density at radius 1 is 1.29 bits per heavy atom. The Morgan fingerprint density at radius 3 is 2.76 bits per heavy atom. The summed E-state index contributed by atoms with van der Waals surface area (Å²) in [6.45, 7) is 6.99. The molecule has 0 unspecified atom stereocenters. The molecule has 21 heavy (non-hydrogen) atoms. The Morgan fingerprint density at radius 2 is 2.10 bits per heavy atom. The van der Waals surface area contributed by atoms with E-state index in [-0.39, 0.29) is 0 Å². The van der Waals surface area contributed by atoms with Gasteiger partial charge in [0.1, 0.15) is 5.82 Å². The van der Waals surface area contributed by atoms with E-state index in [4.69, 9.17) is 0 Å². The quantitative estimate of drug-likeness (QED) is 0.799. The van der Waals surface area contributed by atoms with Crippen LogP contribution in [0.1, 0.15) is 36.8 Å². The molecule has 0 saturated carbocycles. The molecule has 3 heterocycles. The largest absolute Gasteiger partial charge is 0.364 e. The van der Waals surface area contributed by atoms with Gasteiger partial charge in [-0.05, 0) is 18.9 Å². The maximum atomic E-state index is 4.61. The molecule has 0 aliphatic rings. The van der Waals surface area contributed by atoms with Crippen LogP contribution in [-0.2, 0) is 13.6 Å². The van der Waals surface area contributed by atoms with Gasteiger partial charge in [0.2, 0.25) is 0 Å². The van der Waals surface area contributed by atoms with Crippen molar-refractivity contribution in [2.45, 2.75) is 33.2 Å². The summed E-state index contributed by atoms with van der Waals surface area (Å²) < 4.78 is 3.70. The van der Waals surface area contributed by atoms with Crippen LogP contribution in [0.4, 0.5) is 5.82 Å². The summed E-state index contributed by atoms with van der Waals surface area (Å²) in [4.78, 5) is 4.61. The van der Waals surface area contributed by atoms with Crippen LogP contribution in [0.15, 0.2) is 24.4 Å². The minimum absolute atomic E-state index is 0.377. The van der Waals surface area contributed by atoms with E-state index in [9.17, 15) is 0 Å². The number of hydrogen-bond acceptors (Lipinski definition) is 4. The highest BCUT2D eigenvalue weighted by Crippen LogP contribution is 2.19. The number of rotatable bonds is 4. The molecular formula is C15H20N6. The van der Waals surface area contributed by atoms with Crippen molar-refractivity contribution in [3.05, 3.63) is 41.5 Å². The predicted molar refractivity (Wildman–Crippen MR) is 82.3 cm³/mol. The average molecular weight is 284 g/mol. The summed E-state index contributed by atoms with van der Waals surface area (Å²) in [5, 5.41) is 12.2. The van der Waals surface area contributed by atoms with Gasteiger partial charge in [-0.3, -0.25) is 4.68 Å². The zero-order valence-corrected chi connectivity index (χ0v) is 12.8. The molecule has 0 amide bonds. The van der Waals surface area contributed by atoms with Crippen LogP contribution in [-0.4, -0.2) is 24.4 Å². The fourth-order valence-electron chi connectivity index (χ4n) is 2.26. The highest BCUT2D eigenvalue weighted by Gasteiger charge is 2.09. The van der Waals surface area contributed by atoms with Crippen LogP contribution in [0.5, 0.6) is 0 Å². The monoisotopic (exact) mass is 284 g/mol. The van der Waals surface area contributed by atoms with Crippen molar-refractivity contribution in [1.82, 2.24) is 24.4 Å². The van der Waals surface area contributed by atoms with Crippen molar-refractivity contribution in [2.75, 3.05) is 5.32 Å². The maximum absolute atomic E-state index is 4.61. The molecular weight excluding hydrogens is 264 g/mol. The van der Waals surface area contributed by atoms with Crippen molar-refractivity contribution in [3.63, 3.8) is 0 Å². The number of aromatic nitrogens is 5. The lowest BCUT2D eigenvalue weighted by Gasteiger charge is -2.11. The molecule has 0 radical (unpaired) electrons. The first-order valence-corrected chi connectivity index (χ1v) is 7.12.